The van der Waals surface area contributed by atoms with Crippen LogP contribution in [0.15, 0.2) is 0 Å². The second kappa shape index (κ2) is 21.4. The molecule has 0 aromatic heterocycles. The lowest BCUT2D eigenvalue weighted by molar-refractivity contribution is -0.145. The summed E-state index contributed by atoms with van der Waals surface area (Å²) in [7, 11) is 0. The Bertz CT molecular complexity index is 271. The fourth-order valence-electron chi connectivity index (χ4n) is 2.33. The molecule has 0 aliphatic rings. The van der Waals surface area contributed by atoms with E-state index < -0.39 is 0 Å². The van der Waals surface area contributed by atoms with E-state index in [1.54, 1.807) is 0 Å². The number of carbonyl (C=O) groups excluding carboxylic acids is 1. The Hall–Kier alpha value is -0.650. The van der Waals surface area contributed by atoms with Crippen LogP contribution in [0.4, 0.5) is 0 Å². The summed E-state index contributed by atoms with van der Waals surface area (Å²) in [5.74, 6) is -0.122. The number of carbonyl (C=O) groups is 1. The number of esters is 1. The van der Waals surface area contributed by atoms with Crippen molar-refractivity contribution in [3.05, 3.63) is 0 Å². The molecule has 0 atom stereocenters. The molecule has 0 rings (SSSR count). The monoisotopic (exact) mass is 360 g/mol. The van der Waals surface area contributed by atoms with Gasteiger partial charge in [0.15, 0.2) is 0 Å². The van der Waals surface area contributed by atoms with Gasteiger partial charge in [0, 0.05) is 13.0 Å². The van der Waals surface area contributed by atoms with Crippen molar-refractivity contribution in [3.63, 3.8) is 0 Å². The van der Waals surface area contributed by atoms with Crippen LogP contribution in [-0.4, -0.2) is 52.2 Å². The van der Waals surface area contributed by atoms with Gasteiger partial charge in [-0.2, -0.15) is 0 Å². The highest BCUT2D eigenvalue weighted by Gasteiger charge is 2.02. The lowest BCUT2D eigenvalue weighted by Crippen LogP contribution is -2.14. The van der Waals surface area contributed by atoms with E-state index in [1.807, 2.05) is 0 Å². The quantitative estimate of drug-likeness (QED) is 0.236. The molecule has 0 aliphatic carbocycles. The third-order valence-corrected chi connectivity index (χ3v) is 3.86. The summed E-state index contributed by atoms with van der Waals surface area (Å²) in [6.07, 6.45) is 11.2. The van der Waals surface area contributed by atoms with E-state index in [-0.39, 0.29) is 5.97 Å². The zero-order valence-electron chi connectivity index (χ0n) is 16.6. The average molecular weight is 361 g/mol. The second-order valence-corrected chi connectivity index (χ2v) is 6.28. The predicted molar refractivity (Wildman–Crippen MR) is 101 cm³/mol. The number of unbranched alkanes of at least 4 members (excludes halogenated alkanes) is 7. The molecule has 0 aromatic carbocycles. The largest absolute Gasteiger partial charge is 0.463 e. The number of hydrogen-bond acceptors (Lipinski definition) is 5. The molecule has 25 heavy (non-hydrogen) atoms. The van der Waals surface area contributed by atoms with Crippen LogP contribution in [0.1, 0.15) is 78.1 Å². The highest BCUT2D eigenvalue weighted by Crippen LogP contribution is 2.03. The summed E-state index contributed by atoms with van der Waals surface area (Å²) in [6, 6.07) is 0. The molecular weight excluding hydrogens is 320 g/mol. The summed E-state index contributed by atoms with van der Waals surface area (Å²) in [5, 5.41) is 0. The third-order valence-electron chi connectivity index (χ3n) is 3.86. The summed E-state index contributed by atoms with van der Waals surface area (Å²) >= 11 is 0. The van der Waals surface area contributed by atoms with Crippen molar-refractivity contribution >= 4 is 5.97 Å². The van der Waals surface area contributed by atoms with Gasteiger partial charge in [-0.3, -0.25) is 4.79 Å². The molecule has 0 fully saturated rings. The molecule has 0 heterocycles. The first-order valence-electron chi connectivity index (χ1n) is 10.2. The topological polar surface area (TPSA) is 54.0 Å². The Morgan fingerprint density at radius 2 is 1.04 bits per heavy atom. The van der Waals surface area contributed by atoms with Crippen molar-refractivity contribution < 1.29 is 23.7 Å². The van der Waals surface area contributed by atoms with E-state index in [9.17, 15) is 4.79 Å². The van der Waals surface area contributed by atoms with Crippen molar-refractivity contribution in [1.82, 2.24) is 0 Å². The zero-order valence-corrected chi connectivity index (χ0v) is 16.6. The Balaban J connectivity index is 3.08. The van der Waals surface area contributed by atoms with Gasteiger partial charge < -0.3 is 18.9 Å². The maximum Gasteiger partial charge on any atom is 0.305 e. The average Bonchev–Trinajstić information content (AvgIpc) is 2.62. The SMILES string of the molecule is CCCCCCCOCCOCCOCCOC(=O)CCCCCC. The lowest BCUT2D eigenvalue weighted by Gasteiger charge is -2.07. The number of hydrogen-bond donors (Lipinski definition) is 0. The summed E-state index contributed by atoms with van der Waals surface area (Å²) in [5.41, 5.74) is 0. The highest BCUT2D eigenvalue weighted by atomic mass is 16.6. The summed E-state index contributed by atoms with van der Waals surface area (Å²) in [6.45, 7) is 8.27. The first-order chi connectivity index (χ1) is 12.3. The minimum atomic E-state index is -0.122. The van der Waals surface area contributed by atoms with Gasteiger partial charge in [0.2, 0.25) is 0 Å². The van der Waals surface area contributed by atoms with E-state index in [0.717, 1.165) is 25.9 Å². The van der Waals surface area contributed by atoms with Crippen LogP contribution in [-0.2, 0) is 23.7 Å². The molecule has 5 nitrogen and oxygen atoms in total. The second-order valence-electron chi connectivity index (χ2n) is 6.28. The summed E-state index contributed by atoms with van der Waals surface area (Å²) in [4.78, 5) is 11.4. The maximum atomic E-state index is 11.4. The van der Waals surface area contributed by atoms with E-state index in [1.165, 1.54) is 38.5 Å². The van der Waals surface area contributed by atoms with E-state index in [0.29, 0.717) is 46.1 Å². The van der Waals surface area contributed by atoms with Crippen LogP contribution in [0.5, 0.6) is 0 Å². The van der Waals surface area contributed by atoms with Gasteiger partial charge in [-0.05, 0) is 12.8 Å². The van der Waals surface area contributed by atoms with Crippen LogP contribution in [0.25, 0.3) is 0 Å². The molecule has 0 radical (unpaired) electrons. The van der Waals surface area contributed by atoms with Crippen molar-refractivity contribution in [2.45, 2.75) is 78.1 Å². The number of rotatable bonds is 20. The van der Waals surface area contributed by atoms with Crippen LogP contribution in [0.3, 0.4) is 0 Å². The number of ether oxygens (including phenoxy) is 4. The third kappa shape index (κ3) is 21.3. The lowest BCUT2D eigenvalue weighted by atomic mass is 10.2. The van der Waals surface area contributed by atoms with Gasteiger partial charge in [0.25, 0.3) is 0 Å². The van der Waals surface area contributed by atoms with E-state index in [4.69, 9.17) is 18.9 Å². The fourth-order valence-corrected chi connectivity index (χ4v) is 2.33. The van der Waals surface area contributed by atoms with Crippen LogP contribution < -0.4 is 0 Å². The molecule has 0 saturated heterocycles. The molecular formula is C20H40O5. The summed E-state index contributed by atoms with van der Waals surface area (Å²) < 4.78 is 21.4. The molecule has 0 aliphatic heterocycles. The molecule has 0 unspecified atom stereocenters. The van der Waals surface area contributed by atoms with Crippen molar-refractivity contribution in [3.8, 4) is 0 Å². The molecule has 150 valence electrons. The van der Waals surface area contributed by atoms with Gasteiger partial charge >= 0.3 is 5.97 Å². The van der Waals surface area contributed by atoms with Crippen LogP contribution >= 0.6 is 0 Å². The Morgan fingerprint density at radius 1 is 0.560 bits per heavy atom. The van der Waals surface area contributed by atoms with Crippen molar-refractivity contribution in [1.29, 1.82) is 0 Å². The van der Waals surface area contributed by atoms with E-state index >= 15 is 0 Å². The van der Waals surface area contributed by atoms with Crippen LogP contribution in [0, 0.1) is 0 Å². The first-order valence-corrected chi connectivity index (χ1v) is 10.2. The zero-order chi connectivity index (χ0) is 18.4. The molecule has 5 heteroatoms. The predicted octanol–water partition coefficient (Wildman–Crippen LogP) is 4.52. The molecule has 0 amide bonds. The molecule has 0 bridgehead atoms. The standard InChI is InChI=1S/C20H40O5/c1-3-5-7-9-11-13-22-14-15-23-16-17-24-18-19-25-20(21)12-10-8-6-4-2/h3-19H2,1-2H3. The van der Waals surface area contributed by atoms with Crippen molar-refractivity contribution in [2.24, 2.45) is 0 Å². The highest BCUT2D eigenvalue weighted by molar-refractivity contribution is 5.69. The van der Waals surface area contributed by atoms with Crippen LogP contribution in [0.2, 0.25) is 0 Å². The first kappa shape index (κ1) is 24.4. The Labute approximate surface area is 154 Å². The molecule has 0 saturated carbocycles. The van der Waals surface area contributed by atoms with Crippen molar-refractivity contribution in [2.75, 3.05) is 46.2 Å². The Morgan fingerprint density at radius 3 is 1.64 bits per heavy atom. The van der Waals surface area contributed by atoms with Gasteiger partial charge in [0.1, 0.15) is 6.61 Å². The van der Waals surface area contributed by atoms with Gasteiger partial charge in [-0.25, -0.2) is 0 Å². The van der Waals surface area contributed by atoms with Gasteiger partial charge in [-0.1, -0.05) is 58.8 Å². The Kier molecular flexibility index (Phi) is 20.8. The molecule has 0 aromatic rings. The molecule has 0 N–H and O–H groups in total. The molecule has 0 spiro atoms. The smallest absolute Gasteiger partial charge is 0.305 e. The minimum absolute atomic E-state index is 0.122. The maximum absolute atomic E-state index is 11.4. The minimum Gasteiger partial charge on any atom is -0.463 e. The fraction of sp³-hybridized carbons (Fsp3) is 0.950. The van der Waals surface area contributed by atoms with Gasteiger partial charge in [0.05, 0.1) is 33.0 Å². The van der Waals surface area contributed by atoms with E-state index in [2.05, 4.69) is 13.8 Å². The normalized spacial score (nSPS) is 11.0. The van der Waals surface area contributed by atoms with Gasteiger partial charge in [-0.15, -0.1) is 0 Å².